The van der Waals surface area contributed by atoms with Gasteiger partial charge in [0, 0.05) is 17.1 Å². The van der Waals surface area contributed by atoms with Gasteiger partial charge in [0.05, 0.1) is 4.75 Å². The summed E-state index contributed by atoms with van der Waals surface area (Å²) >= 11 is 0. The molecular formula is C19H20F2OS. The van der Waals surface area contributed by atoms with Gasteiger partial charge in [-0.1, -0.05) is 37.1 Å². The molecule has 23 heavy (non-hydrogen) atoms. The average molecular weight is 334 g/mol. The summed E-state index contributed by atoms with van der Waals surface area (Å²) in [7, 11) is -1.21. The molecule has 0 aromatic heterocycles. The van der Waals surface area contributed by atoms with Crippen LogP contribution in [0.5, 0.6) is 0 Å². The SMILES string of the molecule is CS(=O)C(c1ccc(F)cc1)(c1ccc(F)cc1)C1CCCC1. The lowest BCUT2D eigenvalue weighted by Crippen LogP contribution is -2.39. The van der Waals surface area contributed by atoms with Crippen molar-refractivity contribution in [2.24, 2.45) is 5.92 Å². The topological polar surface area (TPSA) is 17.1 Å². The maximum Gasteiger partial charge on any atom is 0.123 e. The molecule has 0 aliphatic heterocycles. The van der Waals surface area contributed by atoms with Crippen molar-refractivity contribution < 1.29 is 13.0 Å². The molecule has 2 aromatic carbocycles. The van der Waals surface area contributed by atoms with Gasteiger partial charge in [-0.2, -0.15) is 0 Å². The molecule has 0 bridgehead atoms. The lowest BCUT2D eigenvalue weighted by atomic mass is 9.78. The molecule has 122 valence electrons. The van der Waals surface area contributed by atoms with Gasteiger partial charge in [-0.25, -0.2) is 8.78 Å². The van der Waals surface area contributed by atoms with Crippen LogP contribution >= 0.6 is 0 Å². The van der Waals surface area contributed by atoms with Crippen molar-refractivity contribution in [1.82, 2.24) is 0 Å². The summed E-state index contributed by atoms with van der Waals surface area (Å²) in [5, 5.41) is 0. The van der Waals surface area contributed by atoms with Gasteiger partial charge < -0.3 is 0 Å². The van der Waals surface area contributed by atoms with Crippen molar-refractivity contribution in [3.05, 3.63) is 71.3 Å². The largest absolute Gasteiger partial charge is 0.259 e. The van der Waals surface area contributed by atoms with E-state index in [9.17, 15) is 13.0 Å². The molecule has 0 saturated heterocycles. The van der Waals surface area contributed by atoms with E-state index in [0.717, 1.165) is 36.8 Å². The highest BCUT2D eigenvalue weighted by Crippen LogP contribution is 2.48. The highest BCUT2D eigenvalue weighted by atomic mass is 32.2. The molecule has 0 heterocycles. The summed E-state index contributed by atoms with van der Waals surface area (Å²) in [6.45, 7) is 0. The highest BCUT2D eigenvalue weighted by Gasteiger charge is 2.46. The molecule has 1 saturated carbocycles. The van der Waals surface area contributed by atoms with Crippen LogP contribution in [0.3, 0.4) is 0 Å². The number of rotatable bonds is 4. The van der Waals surface area contributed by atoms with Crippen LogP contribution in [0.1, 0.15) is 36.8 Å². The second-order valence-corrected chi connectivity index (χ2v) is 7.74. The molecule has 0 radical (unpaired) electrons. The standard InChI is InChI=1S/C19H20F2OS/c1-23(22)19(14-4-2-3-5-14,15-6-10-17(20)11-7-15)16-8-12-18(21)13-9-16/h6-14H,2-5H2,1H3. The van der Waals surface area contributed by atoms with Crippen molar-refractivity contribution in [2.75, 3.05) is 6.26 Å². The first kappa shape index (κ1) is 16.3. The summed E-state index contributed by atoms with van der Waals surface area (Å²) in [6.07, 6.45) is 5.87. The van der Waals surface area contributed by atoms with Gasteiger partial charge in [-0.3, -0.25) is 4.21 Å². The van der Waals surface area contributed by atoms with Gasteiger partial charge in [-0.15, -0.1) is 0 Å². The van der Waals surface area contributed by atoms with E-state index in [-0.39, 0.29) is 17.6 Å². The lowest BCUT2D eigenvalue weighted by Gasteiger charge is -2.38. The fourth-order valence-corrected chi connectivity index (χ4v) is 5.57. The molecular weight excluding hydrogens is 314 g/mol. The lowest BCUT2D eigenvalue weighted by molar-refractivity contribution is 0.432. The second-order valence-electron chi connectivity index (χ2n) is 6.18. The third-order valence-corrected chi connectivity index (χ3v) is 6.64. The third-order valence-electron chi connectivity index (χ3n) is 4.93. The van der Waals surface area contributed by atoms with Crippen LogP contribution in [0.4, 0.5) is 8.78 Å². The number of hydrogen-bond acceptors (Lipinski definition) is 1. The zero-order valence-corrected chi connectivity index (χ0v) is 13.9. The Hall–Kier alpha value is -1.55. The summed E-state index contributed by atoms with van der Waals surface area (Å²) in [5.41, 5.74) is 1.69. The Labute approximate surface area is 138 Å². The molecule has 2 aromatic rings. The minimum absolute atomic E-state index is 0.212. The fraction of sp³-hybridized carbons (Fsp3) is 0.368. The molecule has 1 fully saturated rings. The molecule has 3 rings (SSSR count). The number of benzene rings is 2. The molecule has 1 nitrogen and oxygen atoms in total. The summed E-state index contributed by atoms with van der Waals surface area (Å²) < 4.78 is 39.0. The first-order valence-corrected chi connectivity index (χ1v) is 9.46. The molecule has 1 aliphatic carbocycles. The van der Waals surface area contributed by atoms with Crippen LogP contribution in [0, 0.1) is 17.6 Å². The number of hydrogen-bond donors (Lipinski definition) is 0. The molecule has 0 amide bonds. The smallest absolute Gasteiger partial charge is 0.123 e. The van der Waals surface area contributed by atoms with Crippen molar-refractivity contribution >= 4 is 10.8 Å². The van der Waals surface area contributed by atoms with Crippen molar-refractivity contribution in [1.29, 1.82) is 0 Å². The minimum atomic E-state index is -1.21. The van der Waals surface area contributed by atoms with Gasteiger partial charge in [0.15, 0.2) is 0 Å². The van der Waals surface area contributed by atoms with Gasteiger partial charge >= 0.3 is 0 Å². The predicted octanol–water partition coefficient (Wildman–Crippen LogP) is 4.78. The Bertz CT molecular complexity index is 643. The molecule has 1 atom stereocenters. The van der Waals surface area contributed by atoms with Crippen molar-refractivity contribution in [2.45, 2.75) is 30.4 Å². The normalized spacial score (nSPS) is 17.3. The van der Waals surface area contributed by atoms with Crippen LogP contribution in [-0.2, 0) is 15.5 Å². The monoisotopic (exact) mass is 334 g/mol. The summed E-state index contributed by atoms with van der Waals surface area (Å²) in [5.74, 6) is -0.408. The Kier molecular flexibility index (Phi) is 4.62. The zero-order chi connectivity index (χ0) is 16.4. The molecule has 0 spiro atoms. The van der Waals surface area contributed by atoms with Crippen LogP contribution < -0.4 is 0 Å². The van der Waals surface area contributed by atoms with E-state index in [2.05, 4.69) is 0 Å². The summed E-state index contributed by atoms with van der Waals surface area (Å²) in [4.78, 5) is 0. The Morgan fingerprint density at radius 1 is 0.870 bits per heavy atom. The highest BCUT2D eigenvalue weighted by molar-refractivity contribution is 7.85. The van der Waals surface area contributed by atoms with E-state index in [0.29, 0.717) is 0 Å². The fourth-order valence-electron chi connectivity index (χ4n) is 3.93. The third kappa shape index (κ3) is 2.85. The average Bonchev–Trinajstić information content (AvgIpc) is 3.06. The van der Waals surface area contributed by atoms with Gasteiger partial charge in [0.25, 0.3) is 0 Å². The van der Waals surface area contributed by atoms with Crippen LogP contribution in [0.25, 0.3) is 0 Å². The van der Waals surface area contributed by atoms with Crippen LogP contribution in [0.15, 0.2) is 48.5 Å². The quantitative estimate of drug-likeness (QED) is 0.786. The van der Waals surface area contributed by atoms with Gasteiger partial charge in [-0.05, 0) is 54.2 Å². The Morgan fingerprint density at radius 2 is 1.26 bits per heavy atom. The first-order chi connectivity index (χ1) is 11.0. The van der Waals surface area contributed by atoms with Crippen molar-refractivity contribution in [3.8, 4) is 0 Å². The maximum atomic E-state index is 13.4. The van der Waals surface area contributed by atoms with E-state index in [4.69, 9.17) is 0 Å². The van der Waals surface area contributed by atoms with E-state index in [1.54, 1.807) is 30.5 Å². The predicted molar refractivity (Wildman–Crippen MR) is 89.6 cm³/mol. The summed E-state index contributed by atoms with van der Waals surface area (Å²) in [6, 6.07) is 12.5. The van der Waals surface area contributed by atoms with E-state index < -0.39 is 15.5 Å². The Morgan fingerprint density at radius 3 is 1.61 bits per heavy atom. The molecule has 1 aliphatic rings. The molecule has 0 N–H and O–H groups in total. The number of halogens is 2. The van der Waals surface area contributed by atoms with Crippen molar-refractivity contribution in [3.63, 3.8) is 0 Å². The zero-order valence-electron chi connectivity index (χ0n) is 13.1. The first-order valence-electron chi connectivity index (χ1n) is 7.90. The van der Waals surface area contributed by atoms with E-state index >= 15 is 0 Å². The molecule has 4 heteroatoms. The molecule has 1 unspecified atom stereocenters. The Balaban J connectivity index is 2.23. The van der Waals surface area contributed by atoms with Gasteiger partial charge in [0.1, 0.15) is 11.6 Å². The van der Waals surface area contributed by atoms with E-state index in [1.165, 1.54) is 24.3 Å². The van der Waals surface area contributed by atoms with Crippen LogP contribution in [-0.4, -0.2) is 10.5 Å². The van der Waals surface area contributed by atoms with Gasteiger partial charge in [0.2, 0.25) is 0 Å². The van der Waals surface area contributed by atoms with Crippen LogP contribution in [0.2, 0.25) is 0 Å². The van der Waals surface area contributed by atoms with E-state index in [1.807, 2.05) is 0 Å². The second kappa shape index (κ2) is 6.52. The minimum Gasteiger partial charge on any atom is -0.259 e. The maximum absolute atomic E-state index is 13.4.